The fourth-order valence-electron chi connectivity index (χ4n) is 3.61. The van der Waals surface area contributed by atoms with Crippen LogP contribution in [0.1, 0.15) is 23.5 Å². The number of likely N-dealkylation sites (tertiary alicyclic amines) is 1. The van der Waals surface area contributed by atoms with E-state index in [1.807, 2.05) is 36.5 Å². The average molecular weight is 345 g/mol. The molecule has 0 bridgehead atoms. The van der Waals surface area contributed by atoms with E-state index in [1.54, 1.807) is 12.3 Å². The van der Waals surface area contributed by atoms with Gasteiger partial charge in [-0.2, -0.15) is 5.26 Å². The Morgan fingerprint density at radius 1 is 1.38 bits per heavy atom. The van der Waals surface area contributed by atoms with Gasteiger partial charge in [-0.3, -0.25) is 9.69 Å². The third-order valence-corrected chi connectivity index (χ3v) is 4.85. The summed E-state index contributed by atoms with van der Waals surface area (Å²) in [7, 11) is 0. The second kappa shape index (κ2) is 6.98. The lowest BCUT2D eigenvalue weighted by Crippen LogP contribution is -2.31. The van der Waals surface area contributed by atoms with Crippen LogP contribution in [0.25, 0.3) is 10.9 Å². The van der Waals surface area contributed by atoms with Gasteiger partial charge < -0.3 is 10.3 Å². The van der Waals surface area contributed by atoms with Gasteiger partial charge in [0.25, 0.3) is 0 Å². The summed E-state index contributed by atoms with van der Waals surface area (Å²) in [5.74, 6) is 0.930. The van der Waals surface area contributed by atoms with Gasteiger partial charge in [-0.15, -0.1) is 0 Å². The van der Waals surface area contributed by atoms with E-state index in [2.05, 4.69) is 26.3 Å². The summed E-state index contributed by atoms with van der Waals surface area (Å²) < 4.78 is 0. The lowest BCUT2D eigenvalue weighted by atomic mass is 9.97. The lowest BCUT2D eigenvalue weighted by molar-refractivity contribution is -0.117. The minimum absolute atomic E-state index is 0.0399. The number of carbonyl (C=O) groups is 1. The van der Waals surface area contributed by atoms with Gasteiger partial charge in [-0.1, -0.05) is 12.1 Å². The Morgan fingerprint density at radius 3 is 3.12 bits per heavy atom. The molecule has 1 aliphatic rings. The molecule has 0 spiro atoms. The van der Waals surface area contributed by atoms with E-state index in [0.29, 0.717) is 23.8 Å². The van der Waals surface area contributed by atoms with E-state index >= 15 is 0 Å². The molecular formula is C20H19N5O. The Hall–Kier alpha value is -3.17. The van der Waals surface area contributed by atoms with Crippen LogP contribution in [0.3, 0.4) is 0 Å². The number of aromatic amines is 1. The van der Waals surface area contributed by atoms with Crippen LogP contribution in [0.5, 0.6) is 0 Å². The number of H-pyrrole nitrogens is 1. The van der Waals surface area contributed by atoms with Gasteiger partial charge in [0, 0.05) is 29.8 Å². The minimum Gasteiger partial charge on any atom is -0.361 e. The summed E-state index contributed by atoms with van der Waals surface area (Å²) in [6, 6.07) is 13.4. The third kappa shape index (κ3) is 3.30. The summed E-state index contributed by atoms with van der Waals surface area (Å²) >= 11 is 0. The summed E-state index contributed by atoms with van der Waals surface area (Å²) in [5.41, 5.74) is 2.91. The highest BCUT2D eigenvalue weighted by Crippen LogP contribution is 2.32. The number of carbonyl (C=O) groups excluding carboxylic acids is 1. The van der Waals surface area contributed by atoms with Crippen molar-refractivity contribution in [1.29, 1.82) is 5.26 Å². The number of nitriles is 1. The molecule has 6 heteroatoms. The van der Waals surface area contributed by atoms with E-state index in [0.717, 1.165) is 30.4 Å². The molecule has 3 heterocycles. The van der Waals surface area contributed by atoms with Crippen LogP contribution >= 0.6 is 0 Å². The molecule has 1 atom stereocenters. The zero-order valence-electron chi connectivity index (χ0n) is 14.3. The Balaban J connectivity index is 1.41. The first-order valence-corrected chi connectivity index (χ1v) is 8.67. The molecular weight excluding hydrogens is 326 g/mol. The monoisotopic (exact) mass is 345 g/mol. The van der Waals surface area contributed by atoms with Gasteiger partial charge in [0.05, 0.1) is 18.2 Å². The Morgan fingerprint density at radius 2 is 2.31 bits per heavy atom. The molecule has 1 aliphatic heterocycles. The molecule has 1 saturated heterocycles. The first kappa shape index (κ1) is 16.3. The Kier molecular flexibility index (Phi) is 4.38. The van der Waals surface area contributed by atoms with Gasteiger partial charge in [0.2, 0.25) is 5.91 Å². The zero-order chi connectivity index (χ0) is 17.9. The number of rotatable bonds is 4. The maximum atomic E-state index is 12.2. The van der Waals surface area contributed by atoms with Crippen LogP contribution in [0.15, 0.2) is 48.8 Å². The molecule has 0 saturated carbocycles. The number of nitrogens with zero attached hydrogens (tertiary/aromatic N) is 3. The van der Waals surface area contributed by atoms with Crippen molar-refractivity contribution in [3.05, 3.63) is 59.9 Å². The smallest absolute Gasteiger partial charge is 0.239 e. The molecule has 2 aromatic heterocycles. The molecule has 0 radical (unpaired) electrons. The van der Waals surface area contributed by atoms with Crippen LogP contribution in [0, 0.1) is 11.3 Å². The normalized spacial score (nSPS) is 17.3. The molecule has 1 amide bonds. The predicted octanol–water partition coefficient (Wildman–Crippen LogP) is 2.86. The van der Waals surface area contributed by atoms with Crippen LogP contribution < -0.4 is 5.32 Å². The van der Waals surface area contributed by atoms with E-state index < -0.39 is 0 Å². The number of hydrogen-bond donors (Lipinski definition) is 2. The second-order valence-corrected chi connectivity index (χ2v) is 6.60. The maximum Gasteiger partial charge on any atom is 0.239 e. The molecule has 0 aliphatic carbocycles. The third-order valence-electron chi connectivity index (χ3n) is 4.85. The number of pyridine rings is 1. The van der Waals surface area contributed by atoms with E-state index in [1.165, 1.54) is 5.56 Å². The van der Waals surface area contributed by atoms with Gasteiger partial charge in [-0.25, -0.2) is 4.98 Å². The second-order valence-electron chi connectivity index (χ2n) is 6.60. The number of anilines is 1. The Labute approximate surface area is 151 Å². The van der Waals surface area contributed by atoms with Crippen molar-refractivity contribution in [3.8, 4) is 6.07 Å². The number of benzene rings is 1. The molecule has 130 valence electrons. The average Bonchev–Trinajstić information content (AvgIpc) is 3.28. The largest absolute Gasteiger partial charge is 0.361 e. The molecule has 1 fully saturated rings. The van der Waals surface area contributed by atoms with Crippen molar-refractivity contribution in [2.24, 2.45) is 0 Å². The highest BCUT2D eigenvalue weighted by Gasteiger charge is 2.27. The molecule has 3 aromatic rings. The number of fused-ring (bicyclic) bond motifs is 1. The van der Waals surface area contributed by atoms with Gasteiger partial charge in [0.1, 0.15) is 5.82 Å². The first-order valence-electron chi connectivity index (χ1n) is 8.67. The SMILES string of the molecule is N#Cc1ccc2c(C3CCN(CC(=O)Nc4ccccn4)C3)c[nH]c2c1. The van der Waals surface area contributed by atoms with Gasteiger partial charge >= 0.3 is 0 Å². The van der Waals surface area contributed by atoms with E-state index in [9.17, 15) is 4.79 Å². The summed E-state index contributed by atoms with van der Waals surface area (Å²) in [4.78, 5) is 21.8. The Bertz CT molecular complexity index is 973. The molecule has 26 heavy (non-hydrogen) atoms. The van der Waals surface area contributed by atoms with Crippen molar-refractivity contribution in [2.75, 3.05) is 25.0 Å². The van der Waals surface area contributed by atoms with Crippen molar-refractivity contribution in [2.45, 2.75) is 12.3 Å². The fraction of sp³-hybridized carbons (Fsp3) is 0.250. The van der Waals surface area contributed by atoms with E-state index in [-0.39, 0.29) is 5.91 Å². The molecule has 1 aromatic carbocycles. The molecule has 2 N–H and O–H groups in total. The standard InChI is InChI=1S/C20H19N5O/c21-10-14-4-5-16-17(11-23-18(16)9-14)15-6-8-25(12-15)13-20(26)24-19-3-1-2-7-22-19/h1-5,7,9,11,15,23H,6,8,12-13H2,(H,22,24,26). The first-order chi connectivity index (χ1) is 12.7. The highest BCUT2D eigenvalue weighted by atomic mass is 16.2. The topological polar surface area (TPSA) is 84.8 Å². The maximum absolute atomic E-state index is 12.2. The minimum atomic E-state index is -0.0399. The summed E-state index contributed by atoms with van der Waals surface area (Å²) in [6.45, 7) is 2.11. The number of amides is 1. The van der Waals surface area contributed by atoms with Crippen molar-refractivity contribution >= 4 is 22.6 Å². The van der Waals surface area contributed by atoms with Crippen LogP contribution in [-0.4, -0.2) is 40.4 Å². The number of hydrogen-bond acceptors (Lipinski definition) is 4. The quantitative estimate of drug-likeness (QED) is 0.761. The molecule has 6 nitrogen and oxygen atoms in total. The molecule has 4 rings (SSSR count). The van der Waals surface area contributed by atoms with Crippen molar-refractivity contribution in [3.63, 3.8) is 0 Å². The summed E-state index contributed by atoms with van der Waals surface area (Å²) in [5, 5.41) is 13.0. The fourth-order valence-corrected chi connectivity index (χ4v) is 3.61. The number of aromatic nitrogens is 2. The predicted molar refractivity (Wildman–Crippen MR) is 99.7 cm³/mol. The highest BCUT2D eigenvalue weighted by molar-refractivity contribution is 5.91. The zero-order valence-corrected chi connectivity index (χ0v) is 14.3. The van der Waals surface area contributed by atoms with Gasteiger partial charge in [0.15, 0.2) is 0 Å². The van der Waals surface area contributed by atoms with Crippen molar-refractivity contribution < 1.29 is 4.79 Å². The van der Waals surface area contributed by atoms with Crippen molar-refractivity contribution in [1.82, 2.24) is 14.9 Å². The van der Waals surface area contributed by atoms with E-state index in [4.69, 9.17) is 5.26 Å². The van der Waals surface area contributed by atoms with Gasteiger partial charge in [-0.05, 0) is 48.7 Å². The summed E-state index contributed by atoms with van der Waals surface area (Å²) in [6.07, 6.45) is 4.72. The van der Waals surface area contributed by atoms with Crippen LogP contribution in [0.2, 0.25) is 0 Å². The molecule has 1 unspecified atom stereocenters. The number of nitrogens with one attached hydrogen (secondary N) is 2. The van der Waals surface area contributed by atoms with Crippen LogP contribution in [0.4, 0.5) is 5.82 Å². The van der Waals surface area contributed by atoms with Crippen LogP contribution in [-0.2, 0) is 4.79 Å². The lowest BCUT2D eigenvalue weighted by Gasteiger charge is -2.15.